The van der Waals surface area contributed by atoms with Gasteiger partial charge in [0, 0.05) is 36.5 Å². The second kappa shape index (κ2) is 7.90. The molecule has 4 aliphatic carbocycles. The van der Waals surface area contributed by atoms with E-state index >= 15 is 0 Å². The van der Waals surface area contributed by atoms with Crippen LogP contribution in [0, 0.1) is 52.8 Å². The van der Waals surface area contributed by atoms with Gasteiger partial charge in [0.2, 0.25) is 0 Å². The van der Waals surface area contributed by atoms with E-state index in [1.54, 1.807) is 0 Å². The number of rotatable bonds is 0. The van der Waals surface area contributed by atoms with E-state index in [4.69, 9.17) is 0 Å². The highest BCUT2D eigenvalue weighted by Gasteiger charge is 2.68. The summed E-state index contributed by atoms with van der Waals surface area (Å²) in [5.41, 5.74) is -0.787. The summed E-state index contributed by atoms with van der Waals surface area (Å²) < 4.78 is 0.0684. The van der Waals surface area contributed by atoms with Crippen molar-refractivity contribution in [1.29, 1.82) is 0 Å². The van der Waals surface area contributed by atoms with Crippen molar-refractivity contribution in [1.82, 2.24) is 0 Å². The molecule has 2 heterocycles. The molecule has 0 spiro atoms. The molecule has 6 rings (SSSR count). The monoisotopic (exact) mass is 481 g/mol. The molecule has 0 bridgehead atoms. The number of hydrogen-bond acceptors (Lipinski definition) is 4. The fourth-order valence-electron chi connectivity index (χ4n) is 10.8. The Kier molecular flexibility index (Phi) is 5.86. The number of hydrogen-bond donors (Lipinski definition) is 3. The SMILES string of the molecule is CC1CC[C@H]2C(C)(O)C3CC[C@H]4C5CC(=O)[C@H]6CC(O)CC[C@]6(C)[C@H]5C[C@H]4C3C[N+]2(O)C1.[Cl-]. The summed E-state index contributed by atoms with van der Waals surface area (Å²) in [5, 5.41) is 34.0. The normalized spacial score (nSPS) is 59.9. The van der Waals surface area contributed by atoms with Crippen molar-refractivity contribution < 1.29 is 37.3 Å². The average Bonchev–Trinajstić information content (AvgIpc) is 3.08. The van der Waals surface area contributed by atoms with Crippen LogP contribution in [-0.4, -0.2) is 56.7 Å². The van der Waals surface area contributed by atoms with E-state index in [9.17, 15) is 20.2 Å². The largest absolute Gasteiger partial charge is 1.00 e. The Morgan fingerprint density at radius 2 is 1.67 bits per heavy atom. The van der Waals surface area contributed by atoms with Gasteiger partial charge >= 0.3 is 0 Å². The number of fused-ring (bicyclic) bond motifs is 8. The third-order valence-electron chi connectivity index (χ3n) is 12.1. The Hall–Kier alpha value is -0.200. The molecule has 0 aromatic rings. The van der Waals surface area contributed by atoms with E-state index in [1.165, 1.54) is 0 Å². The Bertz CT molecular complexity index is 800. The van der Waals surface area contributed by atoms with Crippen LogP contribution in [0.2, 0.25) is 0 Å². The smallest absolute Gasteiger partial charge is 0.148 e. The number of quaternary nitrogens is 1. The summed E-state index contributed by atoms with van der Waals surface area (Å²) in [6, 6.07) is -0.0523. The van der Waals surface area contributed by atoms with Crippen molar-refractivity contribution >= 4 is 5.78 Å². The Morgan fingerprint density at radius 3 is 2.42 bits per heavy atom. The van der Waals surface area contributed by atoms with Gasteiger partial charge in [-0.25, -0.2) is 5.21 Å². The Morgan fingerprint density at radius 1 is 0.909 bits per heavy atom. The van der Waals surface area contributed by atoms with Gasteiger partial charge in [-0.2, -0.15) is 4.65 Å². The minimum atomic E-state index is -0.812. The van der Waals surface area contributed by atoms with Crippen molar-refractivity contribution in [3.8, 4) is 0 Å². The molecule has 2 aliphatic heterocycles. The number of aliphatic hydroxyl groups is 2. The highest BCUT2D eigenvalue weighted by atomic mass is 35.5. The van der Waals surface area contributed by atoms with Crippen molar-refractivity contribution in [3.05, 3.63) is 0 Å². The maximum atomic E-state index is 13.3. The molecule has 3 N–H and O–H groups in total. The van der Waals surface area contributed by atoms with Crippen molar-refractivity contribution in [3.63, 3.8) is 0 Å². The molecule has 188 valence electrons. The molecule has 6 fully saturated rings. The number of hydroxylamine groups is 3. The first kappa shape index (κ1) is 24.5. The molecule has 6 aliphatic rings. The van der Waals surface area contributed by atoms with Crippen LogP contribution in [0.1, 0.15) is 78.6 Å². The predicted octanol–water partition coefficient (Wildman–Crippen LogP) is 0.794. The number of piperidine rings is 2. The van der Waals surface area contributed by atoms with Crippen molar-refractivity contribution in [2.45, 2.75) is 96.3 Å². The van der Waals surface area contributed by atoms with Crippen molar-refractivity contribution in [2.75, 3.05) is 13.1 Å². The molecule has 13 atom stereocenters. The van der Waals surface area contributed by atoms with Gasteiger partial charge in [-0.05, 0) is 81.0 Å². The number of carbonyl (C=O) groups excluding carboxylic acids is 1. The third-order valence-corrected chi connectivity index (χ3v) is 12.1. The second-order valence-corrected chi connectivity index (χ2v) is 13.6. The lowest BCUT2D eigenvalue weighted by Gasteiger charge is -2.60. The minimum Gasteiger partial charge on any atom is -1.00 e. The number of aliphatic hydroxyl groups excluding tert-OH is 1. The highest BCUT2D eigenvalue weighted by molar-refractivity contribution is 5.83. The summed E-state index contributed by atoms with van der Waals surface area (Å²) in [5.74, 6) is 3.67. The molecule has 0 amide bonds. The lowest BCUT2D eigenvalue weighted by molar-refractivity contribution is -1.14. The van der Waals surface area contributed by atoms with E-state index in [2.05, 4.69) is 13.8 Å². The zero-order valence-corrected chi connectivity index (χ0v) is 21.4. The molecule has 7 unspecified atom stereocenters. The van der Waals surface area contributed by atoms with Gasteiger partial charge in [-0.3, -0.25) is 4.79 Å². The molecule has 0 radical (unpaired) electrons. The van der Waals surface area contributed by atoms with Gasteiger partial charge in [0.25, 0.3) is 0 Å². The molecule has 33 heavy (non-hydrogen) atoms. The first-order valence-corrected chi connectivity index (χ1v) is 13.6. The van der Waals surface area contributed by atoms with Gasteiger partial charge in [0.05, 0.1) is 6.10 Å². The Balaban J connectivity index is 0.00000228. The maximum Gasteiger partial charge on any atom is 0.148 e. The lowest BCUT2D eigenvalue weighted by Crippen LogP contribution is -3.00. The Labute approximate surface area is 205 Å². The number of ketones is 1. The lowest BCUT2D eigenvalue weighted by atomic mass is 9.51. The molecule has 0 aromatic heterocycles. The fourth-order valence-corrected chi connectivity index (χ4v) is 10.8. The van der Waals surface area contributed by atoms with Gasteiger partial charge in [-0.1, -0.05) is 13.8 Å². The van der Waals surface area contributed by atoms with Gasteiger partial charge < -0.3 is 22.6 Å². The van der Waals surface area contributed by atoms with Gasteiger partial charge in [0.1, 0.15) is 30.5 Å². The molecular weight excluding hydrogens is 438 g/mol. The van der Waals surface area contributed by atoms with E-state index < -0.39 is 5.60 Å². The van der Waals surface area contributed by atoms with Crippen LogP contribution in [0.3, 0.4) is 0 Å². The second-order valence-electron chi connectivity index (χ2n) is 13.6. The van der Waals surface area contributed by atoms with E-state index in [-0.39, 0.29) is 46.4 Å². The van der Waals surface area contributed by atoms with E-state index in [1.807, 2.05) is 6.92 Å². The molecule has 6 heteroatoms. The van der Waals surface area contributed by atoms with Crippen LogP contribution < -0.4 is 12.4 Å². The zero-order chi connectivity index (χ0) is 22.6. The summed E-state index contributed by atoms with van der Waals surface area (Å²) in [6.07, 6.45) is 8.19. The zero-order valence-electron chi connectivity index (χ0n) is 20.6. The van der Waals surface area contributed by atoms with Crippen LogP contribution in [0.15, 0.2) is 0 Å². The summed E-state index contributed by atoms with van der Waals surface area (Å²) in [6.45, 7) is 8.19. The highest BCUT2D eigenvalue weighted by Crippen LogP contribution is 2.67. The minimum absolute atomic E-state index is 0. The number of nitrogens with zero attached hydrogens (tertiary/aromatic N) is 1. The topological polar surface area (TPSA) is 77.8 Å². The van der Waals surface area contributed by atoms with Crippen LogP contribution in [0.5, 0.6) is 0 Å². The third kappa shape index (κ3) is 3.35. The predicted molar refractivity (Wildman–Crippen MR) is 120 cm³/mol. The standard InChI is InChI=1S/C27H44NO4.ClH/c1-15-4-7-25-27(3,31)21-6-5-17-18(20(21)14-28(25,32)13-15)11-22-19(17)12-24(30)23-10-16(29)8-9-26(22,23)2;/h15-23,25,29,31-32H,4-14H2,1-3H3;1H/q+1;/p-1/t15?,16?,17-,18-,19?,20?,21?,22+,23-,25+,26-,27?,28?;/m1./s1. The summed E-state index contributed by atoms with van der Waals surface area (Å²) in [4.78, 5) is 13.3. The van der Waals surface area contributed by atoms with Crippen LogP contribution in [0.4, 0.5) is 0 Å². The number of carbonyl (C=O) groups is 1. The van der Waals surface area contributed by atoms with Crippen molar-refractivity contribution in [2.24, 2.45) is 52.8 Å². The molecule has 2 saturated heterocycles. The van der Waals surface area contributed by atoms with E-state index in [0.29, 0.717) is 54.1 Å². The van der Waals surface area contributed by atoms with E-state index in [0.717, 1.165) is 58.0 Å². The van der Waals surface area contributed by atoms with Gasteiger partial charge in [0.15, 0.2) is 0 Å². The number of halogens is 1. The summed E-state index contributed by atoms with van der Waals surface area (Å²) in [7, 11) is 0. The first-order chi connectivity index (χ1) is 15.0. The van der Waals surface area contributed by atoms with Crippen LogP contribution in [0.25, 0.3) is 0 Å². The summed E-state index contributed by atoms with van der Waals surface area (Å²) >= 11 is 0. The number of Topliss-reactive ketones (excluding diaryl/α,β-unsaturated/α-hetero) is 1. The quantitative estimate of drug-likeness (QED) is 0.447. The molecule has 4 saturated carbocycles. The average molecular weight is 482 g/mol. The molecular formula is C27H44ClNO4. The molecule has 0 aromatic carbocycles. The van der Waals surface area contributed by atoms with Crippen LogP contribution >= 0.6 is 0 Å². The maximum absolute atomic E-state index is 13.3. The fraction of sp³-hybridized carbons (Fsp3) is 0.963. The van der Waals surface area contributed by atoms with Gasteiger partial charge in [-0.15, -0.1) is 0 Å². The van der Waals surface area contributed by atoms with Crippen LogP contribution in [-0.2, 0) is 4.79 Å². The first-order valence-electron chi connectivity index (χ1n) is 13.6. The molecule has 5 nitrogen and oxygen atoms in total.